The van der Waals surface area contributed by atoms with Crippen LogP contribution in [0.25, 0.3) is 0 Å². The van der Waals surface area contributed by atoms with E-state index in [-0.39, 0.29) is 0 Å². The molecule has 4 nitrogen and oxygen atoms in total. The summed E-state index contributed by atoms with van der Waals surface area (Å²) in [6.45, 7) is 4.68. The lowest BCUT2D eigenvalue weighted by molar-refractivity contribution is 0.681. The zero-order chi connectivity index (χ0) is 12.1. The Morgan fingerprint density at radius 2 is 2.18 bits per heavy atom. The third kappa shape index (κ3) is 3.64. The molecule has 0 aromatic carbocycles. The molecule has 0 radical (unpaired) electrons. The Hall–Kier alpha value is -1.20. The highest BCUT2D eigenvalue weighted by atomic mass is 79.9. The quantitative estimate of drug-likeness (QED) is 0.919. The molecule has 0 amide bonds. The van der Waals surface area contributed by atoms with E-state index in [0.717, 1.165) is 29.7 Å². The summed E-state index contributed by atoms with van der Waals surface area (Å²) in [4.78, 5) is 4.14. The van der Waals surface area contributed by atoms with Crippen LogP contribution in [0.5, 0.6) is 0 Å². The number of halogens is 1. The van der Waals surface area contributed by atoms with Crippen LogP contribution in [0.1, 0.15) is 18.1 Å². The molecule has 17 heavy (non-hydrogen) atoms. The maximum atomic E-state index is 4.33. The van der Waals surface area contributed by atoms with E-state index < -0.39 is 0 Å². The fourth-order valence-electron chi connectivity index (χ4n) is 1.58. The van der Waals surface area contributed by atoms with E-state index in [1.54, 1.807) is 6.20 Å². The van der Waals surface area contributed by atoms with Gasteiger partial charge in [0.25, 0.3) is 0 Å². The molecule has 90 valence electrons. The summed E-state index contributed by atoms with van der Waals surface area (Å²) in [5, 5.41) is 7.61. The van der Waals surface area contributed by atoms with Crippen LogP contribution in [0, 0.1) is 0 Å². The van der Waals surface area contributed by atoms with Gasteiger partial charge in [-0.2, -0.15) is 5.10 Å². The van der Waals surface area contributed by atoms with Crippen molar-refractivity contribution in [2.45, 2.75) is 20.0 Å². The zero-order valence-corrected chi connectivity index (χ0v) is 11.3. The van der Waals surface area contributed by atoms with Gasteiger partial charge in [0, 0.05) is 35.2 Å². The second kappa shape index (κ2) is 5.93. The van der Waals surface area contributed by atoms with Crippen molar-refractivity contribution in [2.24, 2.45) is 0 Å². The molecule has 0 fully saturated rings. The Kier molecular flexibility index (Phi) is 4.28. The van der Waals surface area contributed by atoms with Gasteiger partial charge in [0.1, 0.15) is 0 Å². The highest BCUT2D eigenvalue weighted by molar-refractivity contribution is 9.10. The molecule has 0 atom stereocenters. The minimum Gasteiger partial charge on any atom is -0.313 e. The fraction of sp³-hybridized carbons (Fsp3) is 0.333. The number of pyridine rings is 1. The first-order valence-electron chi connectivity index (χ1n) is 5.59. The number of hydrogen-bond donors (Lipinski definition) is 1. The van der Waals surface area contributed by atoms with Crippen molar-refractivity contribution < 1.29 is 0 Å². The standard InChI is InChI=1S/C12H15BrN4/c1-2-14-5-11-6-16-17(9-11)8-10-3-12(13)7-15-4-10/h3-4,6-7,9,14H,2,5,8H2,1H3. The van der Waals surface area contributed by atoms with Gasteiger partial charge in [-0.3, -0.25) is 9.67 Å². The minimum absolute atomic E-state index is 0.749. The fourth-order valence-corrected chi connectivity index (χ4v) is 2.00. The first-order valence-corrected chi connectivity index (χ1v) is 6.38. The van der Waals surface area contributed by atoms with Crippen molar-refractivity contribution in [1.82, 2.24) is 20.1 Å². The highest BCUT2D eigenvalue weighted by Gasteiger charge is 2.00. The van der Waals surface area contributed by atoms with Gasteiger partial charge in [-0.1, -0.05) is 6.92 Å². The second-order valence-corrected chi connectivity index (χ2v) is 4.75. The van der Waals surface area contributed by atoms with Crippen LogP contribution in [0.3, 0.4) is 0 Å². The second-order valence-electron chi connectivity index (χ2n) is 3.84. The molecule has 1 N–H and O–H groups in total. The van der Waals surface area contributed by atoms with E-state index in [2.05, 4.69) is 50.5 Å². The molecule has 0 saturated carbocycles. The topological polar surface area (TPSA) is 42.7 Å². The van der Waals surface area contributed by atoms with E-state index in [1.807, 2.05) is 17.1 Å². The summed E-state index contributed by atoms with van der Waals surface area (Å²) in [7, 11) is 0. The van der Waals surface area contributed by atoms with Crippen LogP contribution >= 0.6 is 15.9 Å². The smallest absolute Gasteiger partial charge is 0.0674 e. The molecule has 0 spiro atoms. The van der Waals surface area contributed by atoms with Gasteiger partial charge in [0.15, 0.2) is 0 Å². The molecule has 0 bridgehead atoms. The van der Waals surface area contributed by atoms with Crippen molar-refractivity contribution >= 4 is 15.9 Å². The van der Waals surface area contributed by atoms with E-state index >= 15 is 0 Å². The average Bonchev–Trinajstić information content (AvgIpc) is 2.74. The molecule has 2 rings (SSSR count). The number of aromatic nitrogens is 3. The lowest BCUT2D eigenvalue weighted by atomic mass is 10.3. The molecule has 0 aliphatic rings. The van der Waals surface area contributed by atoms with Gasteiger partial charge in [-0.15, -0.1) is 0 Å². The van der Waals surface area contributed by atoms with Gasteiger partial charge in [0.2, 0.25) is 0 Å². The molecule has 0 saturated heterocycles. The summed E-state index contributed by atoms with van der Waals surface area (Å²) < 4.78 is 2.92. The molecule has 2 heterocycles. The monoisotopic (exact) mass is 294 g/mol. The van der Waals surface area contributed by atoms with Gasteiger partial charge in [-0.25, -0.2) is 0 Å². The van der Waals surface area contributed by atoms with E-state index in [0.29, 0.717) is 0 Å². The van der Waals surface area contributed by atoms with Crippen LogP contribution in [0.2, 0.25) is 0 Å². The molecule has 0 aliphatic carbocycles. The Morgan fingerprint density at radius 3 is 2.94 bits per heavy atom. The maximum Gasteiger partial charge on any atom is 0.0674 e. The molecular weight excluding hydrogens is 280 g/mol. The van der Waals surface area contributed by atoms with Crippen LogP contribution in [0.15, 0.2) is 35.3 Å². The van der Waals surface area contributed by atoms with Crippen molar-refractivity contribution in [3.05, 3.63) is 46.5 Å². The van der Waals surface area contributed by atoms with E-state index in [9.17, 15) is 0 Å². The van der Waals surface area contributed by atoms with E-state index in [1.165, 1.54) is 5.56 Å². The van der Waals surface area contributed by atoms with E-state index in [4.69, 9.17) is 0 Å². The molecule has 0 aliphatic heterocycles. The van der Waals surface area contributed by atoms with Gasteiger partial charge < -0.3 is 5.32 Å². The van der Waals surface area contributed by atoms with Crippen LogP contribution in [-0.4, -0.2) is 21.3 Å². The minimum atomic E-state index is 0.749. The maximum absolute atomic E-state index is 4.33. The van der Waals surface area contributed by atoms with Crippen LogP contribution < -0.4 is 5.32 Å². The summed E-state index contributed by atoms with van der Waals surface area (Å²) in [5.41, 5.74) is 2.34. The Labute approximate surface area is 109 Å². The number of hydrogen-bond acceptors (Lipinski definition) is 3. The predicted molar refractivity (Wildman–Crippen MR) is 70.6 cm³/mol. The van der Waals surface area contributed by atoms with Crippen LogP contribution in [0.4, 0.5) is 0 Å². The molecule has 5 heteroatoms. The Bertz CT molecular complexity index is 481. The molecule has 0 unspecified atom stereocenters. The normalized spacial score (nSPS) is 10.7. The average molecular weight is 295 g/mol. The third-order valence-corrected chi connectivity index (χ3v) is 2.81. The van der Waals surface area contributed by atoms with Gasteiger partial charge in [0.05, 0.1) is 12.7 Å². The molecule has 2 aromatic heterocycles. The van der Waals surface area contributed by atoms with Gasteiger partial charge in [-0.05, 0) is 34.1 Å². The van der Waals surface area contributed by atoms with Crippen molar-refractivity contribution in [1.29, 1.82) is 0 Å². The highest BCUT2D eigenvalue weighted by Crippen LogP contribution is 2.10. The first-order chi connectivity index (χ1) is 8.28. The van der Waals surface area contributed by atoms with Crippen molar-refractivity contribution in [3.63, 3.8) is 0 Å². The van der Waals surface area contributed by atoms with Crippen LogP contribution in [-0.2, 0) is 13.1 Å². The first kappa shape index (κ1) is 12.3. The summed E-state index contributed by atoms with van der Waals surface area (Å²) >= 11 is 3.41. The number of rotatable bonds is 5. The lowest BCUT2D eigenvalue weighted by Gasteiger charge is -2.01. The molecular formula is C12H15BrN4. The SMILES string of the molecule is CCNCc1cnn(Cc2cncc(Br)c2)c1. The molecule has 2 aromatic rings. The van der Waals surface area contributed by atoms with Crippen molar-refractivity contribution in [2.75, 3.05) is 6.54 Å². The number of nitrogens with zero attached hydrogens (tertiary/aromatic N) is 3. The Balaban J connectivity index is 2.01. The summed E-state index contributed by atoms with van der Waals surface area (Å²) in [5.74, 6) is 0. The Morgan fingerprint density at radius 1 is 1.29 bits per heavy atom. The largest absolute Gasteiger partial charge is 0.313 e. The third-order valence-electron chi connectivity index (χ3n) is 2.37. The predicted octanol–water partition coefficient (Wildman–Crippen LogP) is 2.20. The lowest BCUT2D eigenvalue weighted by Crippen LogP contribution is -2.11. The summed E-state index contributed by atoms with van der Waals surface area (Å²) in [6, 6.07) is 2.05. The van der Waals surface area contributed by atoms with Gasteiger partial charge >= 0.3 is 0 Å². The number of nitrogens with one attached hydrogen (secondary N) is 1. The van der Waals surface area contributed by atoms with Crippen molar-refractivity contribution in [3.8, 4) is 0 Å². The summed E-state index contributed by atoms with van der Waals surface area (Å²) in [6.07, 6.45) is 7.59. The zero-order valence-electron chi connectivity index (χ0n) is 9.73.